The van der Waals surface area contributed by atoms with Crippen LogP contribution in [0.5, 0.6) is 0 Å². The number of nitrogens with zero attached hydrogens (tertiary/aromatic N) is 2. The highest BCUT2D eigenvalue weighted by Crippen LogP contribution is 2.20. The Labute approximate surface area is 92.5 Å². The third-order valence-electron chi connectivity index (χ3n) is 3.22. The van der Waals surface area contributed by atoms with Crippen LogP contribution < -0.4 is 0 Å². The Morgan fingerprint density at radius 2 is 2.29 bits per heavy atom. The highest BCUT2D eigenvalue weighted by Gasteiger charge is 2.25. The largest absolute Gasteiger partial charge is 0.304 e. The van der Waals surface area contributed by atoms with E-state index in [0.29, 0.717) is 12.1 Å². The van der Waals surface area contributed by atoms with Gasteiger partial charge < -0.3 is 4.90 Å². The quantitative estimate of drug-likeness (QED) is 0.714. The van der Waals surface area contributed by atoms with Crippen LogP contribution in [0.25, 0.3) is 0 Å². The van der Waals surface area contributed by atoms with Crippen molar-refractivity contribution in [2.24, 2.45) is 0 Å². The average Bonchev–Trinajstić information content (AvgIpc) is 2.08. The number of piperidine rings is 1. The Morgan fingerprint density at radius 3 is 2.79 bits per heavy atom. The third-order valence-corrected chi connectivity index (χ3v) is 3.34. The fraction of sp³-hybridized carbons (Fsp3) is 0.818. The van der Waals surface area contributed by atoms with Crippen LogP contribution >= 0.6 is 11.6 Å². The van der Waals surface area contributed by atoms with Crippen LogP contribution in [0.15, 0.2) is 11.6 Å². The molecule has 0 aliphatic carbocycles. The van der Waals surface area contributed by atoms with E-state index in [4.69, 9.17) is 11.6 Å². The van der Waals surface area contributed by atoms with Gasteiger partial charge in [0.25, 0.3) is 0 Å². The van der Waals surface area contributed by atoms with Crippen molar-refractivity contribution in [2.75, 3.05) is 27.2 Å². The predicted molar refractivity (Wildman–Crippen MR) is 62.7 cm³/mol. The van der Waals surface area contributed by atoms with Crippen LogP contribution in [0, 0.1) is 0 Å². The maximum Gasteiger partial charge on any atom is 0.0335 e. The zero-order chi connectivity index (χ0) is 10.7. The number of hydrogen-bond acceptors (Lipinski definition) is 2. The first kappa shape index (κ1) is 12.0. The molecule has 0 aromatic rings. The third kappa shape index (κ3) is 3.26. The van der Waals surface area contributed by atoms with E-state index in [-0.39, 0.29) is 0 Å². The van der Waals surface area contributed by atoms with Gasteiger partial charge in [-0.1, -0.05) is 18.2 Å². The maximum atomic E-state index is 5.81. The molecule has 0 spiro atoms. The van der Waals surface area contributed by atoms with E-state index in [0.717, 1.165) is 11.6 Å². The van der Waals surface area contributed by atoms with Crippen molar-refractivity contribution < 1.29 is 0 Å². The summed E-state index contributed by atoms with van der Waals surface area (Å²) in [6.07, 6.45) is 2.47. The van der Waals surface area contributed by atoms with E-state index >= 15 is 0 Å². The van der Waals surface area contributed by atoms with Crippen LogP contribution in [-0.2, 0) is 0 Å². The van der Waals surface area contributed by atoms with Crippen molar-refractivity contribution in [3.63, 3.8) is 0 Å². The van der Waals surface area contributed by atoms with Crippen LogP contribution in [0.4, 0.5) is 0 Å². The van der Waals surface area contributed by atoms with Gasteiger partial charge in [-0.25, -0.2) is 0 Å². The van der Waals surface area contributed by atoms with Crippen molar-refractivity contribution in [3.8, 4) is 0 Å². The lowest BCUT2D eigenvalue weighted by Gasteiger charge is -2.39. The Bertz CT molecular complexity index is 205. The molecule has 1 rings (SSSR count). The first-order valence-electron chi connectivity index (χ1n) is 5.24. The number of likely N-dealkylation sites (N-methyl/N-ethyl adjacent to an activating group) is 1. The molecular weight excluding hydrogens is 196 g/mol. The zero-order valence-electron chi connectivity index (χ0n) is 9.46. The molecule has 1 heterocycles. The van der Waals surface area contributed by atoms with E-state index in [1.54, 1.807) is 0 Å². The molecule has 0 saturated carbocycles. The first-order valence-corrected chi connectivity index (χ1v) is 5.62. The van der Waals surface area contributed by atoms with E-state index in [1.807, 2.05) is 0 Å². The summed E-state index contributed by atoms with van der Waals surface area (Å²) in [6, 6.07) is 1.34. The van der Waals surface area contributed by atoms with Crippen LogP contribution in [0.3, 0.4) is 0 Å². The van der Waals surface area contributed by atoms with E-state index in [1.165, 1.54) is 19.4 Å². The van der Waals surface area contributed by atoms with Gasteiger partial charge in [0.1, 0.15) is 0 Å². The summed E-state index contributed by atoms with van der Waals surface area (Å²) in [5, 5.41) is 0.735. The molecule has 2 unspecified atom stereocenters. The summed E-state index contributed by atoms with van der Waals surface area (Å²) in [5.74, 6) is 0. The number of rotatable bonds is 3. The minimum atomic E-state index is 0.664. The molecule has 0 aromatic heterocycles. The Morgan fingerprint density at radius 1 is 1.64 bits per heavy atom. The van der Waals surface area contributed by atoms with E-state index in [2.05, 4.69) is 37.4 Å². The Kier molecular flexibility index (Phi) is 4.42. The summed E-state index contributed by atoms with van der Waals surface area (Å²) in [6.45, 7) is 8.02. The molecule has 0 radical (unpaired) electrons. The monoisotopic (exact) mass is 216 g/mol. The molecule has 2 atom stereocenters. The van der Waals surface area contributed by atoms with Gasteiger partial charge in [0.15, 0.2) is 0 Å². The number of hydrogen-bond donors (Lipinski definition) is 0. The molecule has 3 heteroatoms. The molecule has 0 bridgehead atoms. The topological polar surface area (TPSA) is 6.48 Å². The van der Waals surface area contributed by atoms with Crippen molar-refractivity contribution in [2.45, 2.75) is 31.8 Å². The molecule has 2 nitrogen and oxygen atoms in total. The first-order chi connectivity index (χ1) is 6.50. The summed E-state index contributed by atoms with van der Waals surface area (Å²) in [7, 11) is 4.33. The lowest BCUT2D eigenvalue weighted by molar-refractivity contribution is 0.111. The van der Waals surface area contributed by atoms with E-state index < -0.39 is 0 Å². The minimum absolute atomic E-state index is 0.664. The van der Waals surface area contributed by atoms with Crippen LogP contribution in [-0.4, -0.2) is 49.1 Å². The number of halogens is 1. The van der Waals surface area contributed by atoms with E-state index in [9.17, 15) is 0 Å². The lowest BCUT2D eigenvalue weighted by atomic mass is 9.98. The number of likely N-dealkylation sites (tertiary alicyclic amines) is 1. The fourth-order valence-electron chi connectivity index (χ4n) is 2.06. The Hall–Kier alpha value is -0.0500. The van der Waals surface area contributed by atoms with Gasteiger partial charge in [-0.2, -0.15) is 0 Å². The average molecular weight is 217 g/mol. The maximum absolute atomic E-state index is 5.81. The Balaban J connectivity index is 2.41. The predicted octanol–water partition coefficient (Wildman–Crippen LogP) is 2.15. The molecule has 14 heavy (non-hydrogen) atoms. The van der Waals surface area contributed by atoms with Gasteiger partial charge in [0, 0.05) is 23.7 Å². The molecule has 1 fully saturated rings. The van der Waals surface area contributed by atoms with Gasteiger partial charge in [0.2, 0.25) is 0 Å². The fourth-order valence-corrected chi connectivity index (χ4v) is 2.25. The molecule has 1 aliphatic heterocycles. The second-order valence-electron chi connectivity index (χ2n) is 4.44. The standard InChI is InChI=1S/C11H21ClN2/c1-9(12)8-14(4)11-5-6-13(3)10(2)7-11/h10-11H,1,5-8H2,2-4H3. The SMILES string of the molecule is C=C(Cl)CN(C)C1CCN(C)C(C)C1. The molecule has 0 amide bonds. The normalized spacial score (nSPS) is 29.5. The zero-order valence-corrected chi connectivity index (χ0v) is 10.2. The van der Waals surface area contributed by atoms with Crippen molar-refractivity contribution >= 4 is 11.6 Å². The van der Waals surface area contributed by atoms with Crippen molar-refractivity contribution in [1.82, 2.24) is 9.80 Å². The van der Waals surface area contributed by atoms with Crippen molar-refractivity contribution in [3.05, 3.63) is 11.6 Å². The summed E-state index contributed by atoms with van der Waals surface area (Å²) in [5.41, 5.74) is 0. The van der Waals surface area contributed by atoms with Gasteiger partial charge >= 0.3 is 0 Å². The molecule has 1 aliphatic rings. The summed E-state index contributed by atoms with van der Waals surface area (Å²) < 4.78 is 0. The van der Waals surface area contributed by atoms with Gasteiger partial charge in [0.05, 0.1) is 0 Å². The van der Waals surface area contributed by atoms with Gasteiger partial charge in [-0.3, -0.25) is 4.90 Å². The molecular formula is C11H21ClN2. The molecule has 0 aromatic carbocycles. The second-order valence-corrected chi connectivity index (χ2v) is 4.97. The van der Waals surface area contributed by atoms with Crippen molar-refractivity contribution in [1.29, 1.82) is 0 Å². The van der Waals surface area contributed by atoms with Gasteiger partial charge in [-0.15, -0.1) is 0 Å². The molecule has 82 valence electrons. The minimum Gasteiger partial charge on any atom is -0.304 e. The molecule has 1 saturated heterocycles. The second kappa shape index (κ2) is 5.15. The lowest BCUT2D eigenvalue weighted by Crippen LogP contribution is -2.46. The summed E-state index contributed by atoms with van der Waals surface area (Å²) >= 11 is 5.81. The van der Waals surface area contributed by atoms with Crippen LogP contribution in [0.2, 0.25) is 0 Å². The van der Waals surface area contributed by atoms with Gasteiger partial charge in [-0.05, 0) is 40.4 Å². The highest BCUT2D eigenvalue weighted by molar-refractivity contribution is 6.29. The van der Waals surface area contributed by atoms with Crippen LogP contribution in [0.1, 0.15) is 19.8 Å². The smallest absolute Gasteiger partial charge is 0.0335 e. The molecule has 0 N–H and O–H groups in total. The summed E-state index contributed by atoms with van der Waals surface area (Å²) in [4.78, 5) is 4.73. The highest BCUT2D eigenvalue weighted by atomic mass is 35.5.